The van der Waals surface area contributed by atoms with Crippen molar-refractivity contribution in [1.82, 2.24) is 0 Å². The van der Waals surface area contributed by atoms with Crippen LogP contribution in [0.3, 0.4) is 0 Å². The Hall–Kier alpha value is -11.5. The van der Waals surface area contributed by atoms with Crippen LogP contribution < -0.4 is 18.9 Å². The number of carbonyl (C=O) groups is 4. The predicted molar refractivity (Wildman–Crippen MR) is 359 cm³/mol. The molecule has 0 saturated heterocycles. The molecule has 0 fully saturated rings. The summed E-state index contributed by atoms with van der Waals surface area (Å²) in [5, 5.41) is 39.8. The van der Waals surface area contributed by atoms with E-state index in [2.05, 4.69) is 0 Å². The van der Waals surface area contributed by atoms with E-state index in [4.69, 9.17) is 37.9 Å². The number of esters is 4. The summed E-state index contributed by atoms with van der Waals surface area (Å²) in [6.45, 7) is 8.02. The highest BCUT2D eigenvalue weighted by atomic mass is 16.6. The van der Waals surface area contributed by atoms with Crippen molar-refractivity contribution in [1.29, 1.82) is 0 Å². The molecule has 2 aliphatic carbocycles. The maximum absolute atomic E-state index is 14.3. The van der Waals surface area contributed by atoms with Crippen molar-refractivity contribution in [2.75, 3.05) is 0 Å². The Balaban J connectivity index is 0.000000232. The number of phenols is 4. The molecule has 0 saturated carbocycles. The average Bonchev–Trinajstić information content (AvgIpc) is 0.814. The summed E-state index contributed by atoms with van der Waals surface area (Å²) in [7, 11) is 0. The van der Waals surface area contributed by atoms with Gasteiger partial charge in [0.25, 0.3) is 0 Å². The Morgan fingerprint density at radius 1 is 0.292 bits per heavy atom. The Labute approximate surface area is 556 Å². The van der Waals surface area contributed by atoms with E-state index in [-0.39, 0.29) is 69.2 Å². The molecule has 10 aromatic rings. The lowest BCUT2D eigenvalue weighted by Crippen LogP contribution is -2.41. The van der Waals surface area contributed by atoms with Gasteiger partial charge < -0.3 is 58.3 Å². The number of carbonyl (C=O) groups excluding carboxylic acids is 4. The van der Waals surface area contributed by atoms with Gasteiger partial charge in [0.1, 0.15) is 96.8 Å². The third-order valence-electron chi connectivity index (χ3n) is 17.0. The van der Waals surface area contributed by atoms with Crippen molar-refractivity contribution < 1.29 is 77.5 Å². The first-order valence-electron chi connectivity index (χ1n) is 31.5. The third kappa shape index (κ3) is 16.4. The molecule has 0 aromatic heterocycles. The fourth-order valence-electron chi connectivity index (χ4n) is 11.3. The summed E-state index contributed by atoms with van der Waals surface area (Å²) in [6.07, 6.45) is -2.00. The molecule has 16 nitrogen and oxygen atoms in total. The van der Waals surface area contributed by atoms with Gasteiger partial charge in [-0.15, -0.1) is 0 Å². The number of benzene rings is 10. The highest BCUT2D eigenvalue weighted by Crippen LogP contribution is 2.37. The number of hydrogen-bond donors (Lipinski definition) is 4. The molecule has 10 aromatic carbocycles. The molecule has 488 valence electrons. The van der Waals surface area contributed by atoms with Gasteiger partial charge in [-0.1, -0.05) is 170 Å². The van der Waals surface area contributed by atoms with Crippen molar-refractivity contribution in [2.45, 2.75) is 104 Å². The summed E-state index contributed by atoms with van der Waals surface area (Å²) in [5.74, 6) is -1.76. The smallest absolute Gasteiger partial charge is 0.338 e. The van der Waals surface area contributed by atoms with E-state index in [1.54, 1.807) is 24.3 Å². The summed E-state index contributed by atoms with van der Waals surface area (Å²) >= 11 is 0. The Morgan fingerprint density at radius 2 is 0.490 bits per heavy atom. The molecule has 4 atom stereocenters. The van der Waals surface area contributed by atoms with Crippen molar-refractivity contribution in [3.63, 3.8) is 0 Å². The normalized spacial score (nSPS) is 15.2. The number of phenolic OH excluding ortho intramolecular Hbond substituents is 4. The topological polar surface area (TPSA) is 223 Å². The standard InChI is InChI=1S/C54H48O8.C26H24O8/c1-37-47(57-33-39-17-7-3-8-18-39)29-45(30-48(37)58-34-40-19-9-4-10-20-40)53(55)61-51-27-43-25-15-16-26-44(43)28-52(51)62-54(56)46-31-49(59-35-41-21-11-5-12-22-41)38(2)50(32-46)60-36-42-23-13-6-14-24-42;1-13-19(27)7-17(8-20(13)28)25(31)33-23-11-15-5-3-4-6-16(15)12-24(23)34-26(32)18-9-21(29)14(2)22(30)10-18/h3-26,29-32,51-52H,27-28,33-36H2,1-2H3;3-10,23-24,27-30H,11-12H2,1-2H3/t51-,52+;23-,24+. The summed E-state index contributed by atoms with van der Waals surface area (Å²) in [5.41, 5.74) is 10.2. The van der Waals surface area contributed by atoms with E-state index in [0.717, 1.165) is 55.6 Å². The quantitative estimate of drug-likeness (QED) is 0.0411. The second-order valence-electron chi connectivity index (χ2n) is 23.7. The minimum Gasteiger partial charge on any atom is -0.508 e. The van der Waals surface area contributed by atoms with Crippen LogP contribution in [0.2, 0.25) is 0 Å². The first-order valence-corrected chi connectivity index (χ1v) is 31.5. The van der Waals surface area contributed by atoms with E-state index in [1.165, 1.54) is 38.1 Å². The predicted octanol–water partition coefficient (Wildman–Crippen LogP) is 14.8. The Morgan fingerprint density at radius 3 is 0.708 bits per heavy atom. The fourth-order valence-corrected chi connectivity index (χ4v) is 11.3. The monoisotopic (exact) mass is 1290 g/mol. The van der Waals surface area contributed by atoms with Gasteiger partial charge in [0.15, 0.2) is 0 Å². The highest BCUT2D eigenvalue weighted by molar-refractivity contribution is 5.93. The van der Waals surface area contributed by atoms with E-state index >= 15 is 0 Å². The molecule has 0 aliphatic heterocycles. The maximum atomic E-state index is 14.3. The van der Waals surface area contributed by atoms with E-state index in [0.29, 0.717) is 62.3 Å². The van der Waals surface area contributed by atoms with Crippen molar-refractivity contribution in [3.8, 4) is 46.0 Å². The van der Waals surface area contributed by atoms with E-state index < -0.39 is 48.3 Å². The van der Waals surface area contributed by atoms with Crippen LogP contribution in [0.5, 0.6) is 46.0 Å². The number of ether oxygens (including phenoxy) is 8. The second-order valence-corrected chi connectivity index (χ2v) is 23.7. The zero-order chi connectivity index (χ0) is 67.2. The molecule has 0 radical (unpaired) electrons. The second kappa shape index (κ2) is 30.5. The van der Waals surface area contributed by atoms with E-state index in [1.807, 2.05) is 184 Å². The first kappa shape index (κ1) is 66.0. The van der Waals surface area contributed by atoms with Gasteiger partial charge in [0, 0.05) is 47.9 Å². The zero-order valence-electron chi connectivity index (χ0n) is 53.4. The lowest BCUT2D eigenvalue weighted by Gasteiger charge is -2.32. The van der Waals surface area contributed by atoms with Crippen molar-refractivity contribution >= 4 is 23.9 Å². The molecule has 0 heterocycles. The molecule has 16 heteroatoms. The lowest BCUT2D eigenvalue weighted by molar-refractivity contribution is -0.0390. The van der Waals surface area contributed by atoms with Crippen LogP contribution in [0.4, 0.5) is 0 Å². The molecule has 0 amide bonds. The molecule has 12 rings (SSSR count). The molecule has 96 heavy (non-hydrogen) atoms. The summed E-state index contributed by atoms with van der Waals surface area (Å²) < 4.78 is 49.2. The number of aromatic hydroxyl groups is 4. The van der Waals surface area contributed by atoms with Gasteiger partial charge in [0.2, 0.25) is 0 Å². The summed E-state index contributed by atoms with van der Waals surface area (Å²) in [4.78, 5) is 54.2. The largest absolute Gasteiger partial charge is 0.508 e. The van der Waals surface area contributed by atoms with Crippen LogP contribution >= 0.6 is 0 Å². The molecule has 0 spiro atoms. The fraction of sp³-hybridized carbons (Fsp3) is 0.200. The molecular formula is C80H72O16. The van der Waals surface area contributed by atoms with Crippen LogP contribution in [0, 0.1) is 27.7 Å². The van der Waals surface area contributed by atoms with Crippen LogP contribution in [0.1, 0.15) is 108 Å². The van der Waals surface area contributed by atoms with Crippen molar-refractivity contribution in [3.05, 3.63) is 307 Å². The van der Waals surface area contributed by atoms with Crippen LogP contribution in [-0.4, -0.2) is 68.7 Å². The first-order chi connectivity index (χ1) is 46.5. The third-order valence-corrected chi connectivity index (χ3v) is 17.0. The average molecular weight is 1290 g/mol. The van der Waals surface area contributed by atoms with Gasteiger partial charge >= 0.3 is 23.9 Å². The molecule has 0 bridgehead atoms. The van der Waals surface area contributed by atoms with Gasteiger partial charge in [-0.25, -0.2) is 19.2 Å². The van der Waals surface area contributed by atoms with Gasteiger partial charge in [-0.3, -0.25) is 0 Å². The van der Waals surface area contributed by atoms with Crippen molar-refractivity contribution in [2.24, 2.45) is 0 Å². The summed E-state index contributed by atoms with van der Waals surface area (Å²) in [6, 6.07) is 66.3. The highest BCUT2D eigenvalue weighted by Gasteiger charge is 2.37. The van der Waals surface area contributed by atoms with Crippen LogP contribution in [0.25, 0.3) is 0 Å². The Bertz CT molecular complexity index is 3950. The number of hydrogen-bond acceptors (Lipinski definition) is 16. The number of fused-ring (bicyclic) bond motifs is 2. The Kier molecular flexibility index (Phi) is 20.9. The molecular weight excluding hydrogens is 1220 g/mol. The maximum Gasteiger partial charge on any atom is 0.338 e. The van der Waals surface area contributed by atoms with Gasteiger partial charge in [0.05, 0.1) is 22.3 Å². The zero-order valence-corrected chi connectivity index (χ0v) is 53.4. The molecule has 2 aliphatic rings. The SMILES string of the molecule is Cc1c(O)cc(C(=O)O[C@H]2Cc3ccccc3C[C@H]2OC(=O)c2cc(O)c(C)c(O)c2)cc1O.Cc1c(OCc2ccccc2)cc(C(=O)O[C@H]2Cc3ccccc3C[C@H]2OC(=O)c2cc(OCc3ccccc3)c(C)c(OCc3ccccc3)c2)cc1OCc1ccccc1. The van der Waals surface area contributed by atoms with Gasteiger partial charge in [-0.05, 0) is 121 Å². The van der Waals surface area contributed by atoms with Crippen LogP contribution in [0.15, 0.2) is 218 Å². The van der Waals surface area contributed by atoms with Crippen LogP contribution in [-0.2, 0) is 71.1 Å². The number of rotatable bonds is 20. The van der Waals surface area contributed by atoms with Gasteiger partial charge in [-0.2, -0.15) is 0 Å². The minimum absolute atomic E-state index is 0.0436. The van der Waals surface area contributed by atoms with E-state index in [9.17, 15) is 39.6 Å². The molecule has 4 N–H and O–H groups in total. The molecule has 0 unspecified atom stereocenters. The lowest BCUT2D eigenvalue weighted by atomic mass is 9.87. The minimum atomic E-state index is -0.843.